The molecule has 1 fully saturated rings. The molecular formula is C25H28F3N3O4S. The molecule has 194 valence electrons. The number of carbonyl (C=O) groups is 1. The molecule has 36 heavy (non-hydrogen) atoms. The fourth-order valence-electron chi connectivity index (χ4n) is 4.44. The van der Waals surface area contributed by atoms with Crippen molar-refractivity contribution in [2.24, 2.45) is 11.8 Å². The van der Waals surface area contributed by atoms with Gasteiger partial charge in [0, 0.05) is 24.3 Å². The Bertz CT molecular complexity index is 1310. The number of nitrogens with zero attached hydrogens (tertiary/aromatic N) is 1. The Morgan fingerprint density at radius 3 is 2.47 bits per heavy atom. The third-order valence-electron chi connectivity index (χ3n) is 6.69. The van der Waals surface area contributed by atoms with Crippen molar-refractivity contribution in [3.63, 3.8) is 0 Å². The number of nitrogens with one attached hydrogen (secondary N) is 2. The first kappa shape index (κ1) is 26.0. The lowest BCUT2D eigenvalue weighted by Gasteiger charge is -2.29. The summed E-state index contributed by atoms with van der Waals surface area (Å²) in [5.74, 6) is -1.21. The van der Waals surface area contributed by atoms with Gasteiger partial charge < -0.3 is 15.0 Å². The van der Waals surface area contributed by atoms with Crippen LogP contribution in [0.4, 0.5) is 13.2 Å². The number of sulfone groups is 1. The highest BCUT2D eigenvalue weighted by atomic mass is 32.2. The van der Waals surface area contributed by atoms with E-state index in [4.69, 9.17) is 4.74 Å². The highest BCUT2D eigenvalue weighted by Gasteiger charge is 2.41. The number of fused-ring (bicyclic) bond motifs is 1. The van der Waals surface area contributed by atoms with E-state index in [1.54, 1.807) is 31.3 Å². The Hall–Kier alpha value is -3.08. The summed E-state index contributed by atoms with van der Waals surface area (Å²) in [4.78, 5) is 20.3. The number of H-pyrrole nitrogens is 1. The monoisotopic (exact) mass is 523 g/mol. The summed E-state index contributed by atoms with van der Waals surface area (Å²) in [6.45, 7) is 2.06. The molecule has 1 aromatic carbocycles. The number of amides is 1. The van der Waals surface area contributed by atoms with Crippen LogP contribution in [-0.4, -0.2) is 42.8 Å². The molecule has 0 saturated heterocycles. The van der Waals surface area contributed by atoms with Crippen LogP contribution >= 0.6 is 0 Å². The summed E-state index contributed by atoms with van der Waals surface area (Å²) in [5.41, 5.74) is 1.69. The van der Waals surface area contributed by atoms with Crippen LogP contribution in [0.1, 0.15) is 48.5 Å². The van der Waals surface area contributed by atoms with Crippen LogP contribution in [0.25, 0.3) is 10.9 Å². The second-order valence-corrected chi connectivity index (χ2v) is 11.3. The van der Waals surface area contributed by atoms with Crippen molar-refractivity contribution in [1.82, 2.24) is 15.3 Å². The first-order valence-corrected chi connectivity index (χ1v) is 13.5. The molecule has 0 radical (unpaired) electrons. The Morgan fingerprint density at radius 2 is 1.83 bits per heavy atom. The maximum atomic E-state index is 12.9. The van der Waals surface area contributed by atoms with Crippen molar-refractivity contribution in [3.8, 4) is 5.88 Å². The fourth-order valence-corrected chi connectivity index (χ4v) is 5.32. The van der Waals surface area contributed by atoms with E-state index in [0.717, 1.165) is 5.56 Å². The van der Waals surface area contributed by atoms with Gasteiger partial charge in [0.05, 0.1) is 28.7 Å². The Morgan fingerprint density at radius 1 is 1.14 bits per heavy atom. The predicted octanol–water partition coefficient (Wildman–Crippen LogP) is 5.03. The van der Waals surface area contributed by atoms with Gasteiger partial charge >= 0.3 is 6.18 Å². The SMILES string of the molecule is CCS(=O)(=O)c1ccc(CNC(=O)c2c[nH]c3c(OC[C@H]4CC[C@H](C(F)(F)F)CC4)nccc23)cc1. The van der Waals surface area contributed by atoms with Crippen LogP contribution in [0.2, 0.25) is 0 Å². The third-order valence-corrected chi connectivity index (χ3v) is 8.44. The first-order chi connectivity index (χ1) is 17.1. The number of hydrogen-bond acceptors (Lipinski definition) is 5. The normalized spacial score (nSPS) is 18.8. The molecule has 1 amide bonds. The van der Waals surface area contributed by atoms with Gasteiger partial charge in [-0.15, -0.1) is 0 Å². The maximum absolute atomic E-state index is 12.9. The number of halogens is 3. The second kappa shape index (κ2) is 10.5. The fraction of sp³-hybridized carbons (Fsp3) is 0.440. The van der Waals surface area contributed by atoms with Crippen molar-refractivity contribution in [3.05, 3.63) is 53.9 Å². The molecule has 1 saturated carbocycles. The largest absolute Gasteiger partial charge is 0.476 e. The molecule has 3 aromatic rings. The highest BCUT2D eigenvalue weighted by Crippen LogP contribution is 2.39. The van der Waals surface area contributed by atoms with Gasteiger partial charge in [0.15, 0.2) is 9.84 Å². The zero-order chi connectivity index (χ0) is 25.9. The Kier molecular flexibility index (Phi) is 7.58. The molecule has 4 rings (SSSR count). The number of aromatic nitrogens is 2. The summed E-state index contributed by atoms with van der Waals surface area (Å²) < 4.78 is 68.4. The molecule has 2 aromatic heterocycles. The predicted molar refractivity (Wildman–Crippen MR) is 128 cm³/mol. The van der Waals surface area contributed by atoms with Gasteiger partial charge in [-0.2, -0.15) is 13.2 Å². The minimum Gasteiger partial charge on any atom is -0.476 e. The number of alkyl halides is 3. The van der Waals surface area contributed by atoms with E-state index < -0.39 is 21.9 Å². The van der Waals surface area contributed by atoms with Gasteiger partial charge in [-0.05, 0) is 55.4 Å². The first-order valence-electron chi connectivity index (χ1n) is 11.8. The number of benzene rings is 1. The Balaban J connectivity index is 1.36. The summed E-state index contributed by atoms with van der Waals surface area (Å²) in [7, 11) is -3.29. The molecule has 7 nitrogen and oxygen atoms in total. The van der Waals surface area contributed by atoms with Crippen LogP contribution in [0.5, 0.6) is 5.88 Å². The molecule has 1 aliphatic carbocycles. The van der Waals surface area contributed by atoms with Gasteiger partial charge in [0.1, 0.15) is 5.52 Å². The zero-order valence-electron chi connectivity index (χ0n) is 19.8. The van der Waals surface area contributed by atoms with Crippen molar-refractivity contribution in [2.75, 3.05) is 12.4 Å². The van der Waals surface area contributed by atoms with Crippen LogP contribution in [-0.2, 0) is 16.4 Å². The van der Waals surface area contributed by atoms with E-state index >= 15 is 0 Å². The standard InChI is InChI=1S/C25H28F3N3O4S/c1-2-36(33,34)19-9-5-16(6-10-19)13-31-23(32)21-14-30-22-20(21)11-12-29-24(22)35-15-17-3-7-18(8-4-17)25(26,27)28/h5-6,9-12,14,17-18,30H,2-4,7-8,13,15H2,1H3,(H,31,32)/t17-,18-. The van der Waals surface area contributed by atoms with Crippen LogP contribution in [0.15, 0.2) is 47.6 Å². The van der Waals surface area contributed by atoms with E-state index in [9.17, 15) is 26.4 Å². The molecular weight excluding hydrogens is 495 g/mol. The quantitative estimate of drug-likeness (QED) is 0.431. The minimum atomic E-state index is -4.14. The van der Waals surface area contributed by atoms with E-state index in [0.29, 0.717) is 35.2 Å². The van der Waals surface area contributed by atoms with Crippen molar-refractivity contribution in [1.29, 1.82) is 0 Å². The molecule has 0 spiro atoms. The van der Waals surface area contributed by atoms with E-state index in [1.165, 1.54) is 18.3 Å². The molecule has 2 N–H and O–H groups in total. The number of hydrogen-bond donors (Lipinski definition) is 2. The van der Waals surface area contributed by atoms with Gasteiger partial charge in [-0.1, -0.05) is 19.1 Å². The minimum absolute atomic E-state index is 0.0172. The molecule has 0 atom stereocenters. The van der Waals surface area contributed by atoms with E-state index in [-0.39, 0.29) is 48.5 Å². The average Bonchev–Trinajstić information content (AvgIpc) is 3.31. The molecule has 0 aliphatic heterocycles. The smallest absolute Gasteiger partial charge is 0.391 e. The number of carbonyl (C=O) groups excluding carboxylic acids is 1. The molecule has 2 heterocycles. The van der Waals surface area contributed by atoms with Crippen molar-refractivity contribution in [2.45, 2.75) is 50.2 Å². The van der Waals surface area contributed by atoms with Crippen LogP contribution < -0.4 is 10.1 Å². The van der Waals surface area contributed by atoms with Gasteiger partial charge in [0.25, 0.3) is 5.91 Å². The van der Waals surface area contributed by atoms with Crippen molar-refractivity contribution >= 4 is 26.6 Å². The lowest BCUT2D eigenvalue weighted by Crippen LogP contribution is -2.29. The zero-order valence-corrected chi connectivity index (χ0v) is 20.6. The summed E-state index contributed by atoms with van der Waals surface area (Å²) in [5, 5.41) is 3.44. The molecule has 0 bridgehead atoms. The topological polar surface area (TPSA) is 101 Å². The lowest BCUT2D eigenvalue weighted by molar-refractivity contribution is -0.184. The second-order valence-electron chi connectivity index (χ2n) is 9.04. The highest BCUT2D eigenvalue weighted by molar-refractivity contribution is 7.91. The van der Waals surface area contributed by atoms with Gasteiger partial charge in [0.2, 0.25) is 5.88 Å². The molecule has 1 aliphatic rings. The van der Waals surface area contributed by atoms with E-state index in [2.05, 4.69) is 15.3 Å². The maximum Gasteiger partial charge on any atom is 0.391 e. The summed E-state index contributed by atoms with van der Waals surface area (Å²) in [6, 6.07) is 8.06. The molecule has 11 heteroatoms. The lowest BCUT2D eigenvalue weighted by atomic mass is 9.82. The van der Waals surface area contributed by atoms with Gasteiger partial charge in [-0.25, -0.2) is 13.4 Å². The molecule has 0 unspecified atom stereocenters. The number of aromatic amines is 1. The third kappa shape index (κ3) is 5.83. The number of ether oxygens (including phenoxy) is 1. The average molecular weight is 524 g/mol. The van der Waals surface area contributed by atoms with Crippen molar-refractivity contribution < 1.29 is 31.1 Å². The van der Waals surface area contributed by atoms with Crippen LogP contribution in [0, 0.1) is 11.8 Å². The number of rotatable bonds is 8. The van der Waals surface area contributed by atoms with Gasteiger partial charge in [-0.3, -0.25) is 4.79 Å². The summed E-state index contributed by atoms with van der Waals surface area (Å²) in [6.07, 6.45) is 0.0566. The Labute approximate surface area is 207 Å². The summed E-state index contributed by atoms with van der Waals surface area (Å²) >= 11 is 0. The number of pyridine rings is 1. The van der Waals surface area contributed by atoms with Crippen LogP contribution in [0.3, 0.4) is 0 Å². The van der Waals surface area contributed by atoms with E-state index in [1.807, 2.05) is 0 Å².